The van der Waals surface area contributed by atoms with Crippen LogP contribution in [0, 0.1) is 0 Å². The largest absolute Gasteiger partial charge is 0.575 e. The fraction of sp³-hybridized carbons (Fsp3) is 0.278. The number of amidine groups is 2. The van der Waals surface area contributed by atoms with Crippen molar-refractivity contribution in [1.82, 2.24) is 15.3 Å². The van der Waals surface area contributed by atoms with Crippen molar-refractivity contribution in [3.05, 3.63) is 53.3 Å². The van der Waals surface area contributed by atoms with Gasteiger partial charge in [-0.25, -0.2) is 9.97 Å². The molecule has 0 bridgehead atoms. The molecule has 1 heterocycles. The molecule has 190 valence electrons. The molecule has 1 unspecified atom stereocenters. The van der Waals surface area contributed by atoms with Gasteiger partial charge in [-0.15, -0.1) is 13.2 Å². The average Bonchev–Trinajstić information content (AvgIpc) is 2.71. The number of nitrogens with one attached hydrogen (secondary N) is 1. The zero-order valence-corrected chi connectivity index (χ0v) is 17.1. The van der Waals surface area contributed by atoms with E-state index in [1.165, 1.54) is 18.5 Å². The number of hydrogen-bond donors (Lipinski definition) is 2. The Morgan fingerprint density at radius 2 is 1.49 bits per heavy atom. The maximum Gasteiger partial charge on any atom is 0.575 e. The summed E-state index contributed by atoms with van der Waals surface area (Å²) in [5.74, 6) is -2.54. The predicted molar refractivity (Wildman–Crippen MR) is 101 cm³/mol. The summed E-state index contributed by atoms with van der Waals surface area (Å²) in [6.07, 6.45) is -13.3. The highest BCUT2D eigenvalue weighted by atomic mass is 19.4. The van der Waals surface area contributed by atoms with Gasteiger partial charge in [0.25, 0.3) is 17.9 Å². The van der Waals surface area contributed by atoms with E-state index < -0.39 is 59.2 Å². The molecule has 2 rings (SSSR count). The zero-order valence-electron chi connectivity index (χ0n) is 17.1. The molecule has 0 saturated heterocycles. The maximum atomic E-state index is 13.0. The summed E-state index contributed by atoms with van der Waals surface area (Å²) in [5.41, 5.74) is 0.505. The molecule has 2 aromatic rings. The van der Waals surface area contributed by atoms with E-state index in [0.717, 1.165) is 6.92 Å². The van der Waals surface area contributed by atoms with E-state index in [0.29, 0.717) is 0 Å². The number of rotatable bonds is 4. The van der Waals surface area contributed by atoms with Crippen molar-refractivity contribution in [3.63, 3.8) is 0 Å². The molecule has 8 nitrogen and oxygen atoms in total. The first-order valence-corrected chi connectivity index (χ1v) is 9.01. The van der Waals surface area contributed by atoms with Crippen LogP contribution in [-0.2, 0) is 17.1 Å². The van der Waals surface area contributed by atoms with E-state index in [2.05, 4.69) is 24.7 Å². The second-order valence-corrected chi connectivity index (χ2v) is 6.51. The Morgan fingerprint density at radius 3 is 1.94 bits per heavy atom. The van der Waals surface area contributed by atoms with Gasteiger partial charge in [0.05, 0.1) is 17.2 Å². The predicted octanol–water partition coefficient (Wildman–Crippen LogP) is 4.21. The zero-order chi connectivity index (χ0) is 26.6. The van der Waals surface area contributed by atoms with Crippen LogP contribution < -0.4 is 11.1 Å². The van der Waals surface area contributed by atoms with Crippen molar-refractivity contribution in [2.24, 2.45) is 15.7 Å². The number of ether oxygens (including phenoxy) is 1. The molecular weight excluding hydrogens is 503 g/mol. The molecule has 0 aliphatic carbocycles. The number of aromatic nitrogens is 2. The normalized spacial score (nSPS) is 14.5. The monoisotopic (exact) mass is 516 g/mol. The standard InChI is InChI=1S/C18H13F9N6O2/c1-8(12(32-14(28)35-18(25,26)27)33-15-29-3-2-4-30-15)31-13(34)9-5-10(16(19,20)21)7-11(6-9)17(22,23)24/h2-8H,1H3,(H,31,34)(H2,28,29,30,32,33). The van der Waals surface area contributed by atoms with E-state index in [-0.39, 0.29) is 24.1 Å². The molecule has 0 aliphatic heterocycles. The number of amides is 1. The molecule has 0 aliphatic rings. The van der Waals surface area contributed by atoms with Crippen molar-refractivity contribution in [2.75, 3.05) is 0 Å². The Morgan fingerprint density at radius 1 is 0.971 bits per heavy atom. The number of alkyl halides is 9. The van der Waals surface area contributed by atoms with Gasteiger partial charge in [-0.05, 0) is 31.2 Å². The van der Waals surface area contributed by atoms with E-state index in [1.807, 2.05) is 5.32 Å². The molecule has 0 saturated carbocycles. The number of nitrogens with two attached hydrogens (primary N) is 1. The Labute approximate surface area is 189 Å². The highest BCUT2D eigenvalue weighted by molar-refractivity contribution is 6.02. The van der Waals surface area contributed by atoms with E-state index in [9.17, 15) is 44.3 Å². The number of benzene rings is 1. The highest BCUT2D eigenvalue weighted by Gasteiger charge is 2.38. The lowest BCUT2D eigenvalue weighted by molar-refractivity contribution is -0.283. The van der Waals surface area contributed by atoms with Gasteiger partial charge >= 0.3 is 18.7 Å². The number of nitrogens with zero attached hydrogens (tertiary/aromatic N) is 4. The summed E-state index contributed by atoms with van der Waals surface area (Å²) in [4.78, 5) is 26.7. The van der Waals surface area contributed by atoms with Crippen LogP contribution in [0.2, 0.25) is 0 Å². The van der Waals surface area contributed by atoms with Gasteiger partial charge in [-0.2, -0.15) is 36.3 Å². The molecule has 0 spiro atoms. The van der Waals surface area contributed by atoms with Crippen LogP contribution >= 0.6 is 0 Å². The number of hydrogen-bond acceptors (Lipinski definition) is 5. The number of halogens is 9. The summed E-state index contributed by atoms with van der Waals surface area (Å²) in [6.45, 7) is 1.06. The van der Waals surface area contributed by atoms with Crippen LogP contribution in [0.5, 0.6) is 0 Å². The number of carbonyl (C=O) groups excluding carboxylic acids is 1. The van der Waals surface area contributed by atoms with Crippen LogP contribution in [0.4, 0.5) is 45.5 Å². The Hall–Kier alpha value is -3.92. The molecule has 1 aromatic heterocycles. The number of carbonyl (C=O) groups is 1. The molecule has 1 aromatic carbocycles. The van der Waals surface area contributed by atoms with Gasteiger partial charge in [0.2, 0.25) is 0 Å². The van der Waals surface area contributed by atoms with Crippen LogP contribution in [-0.4, -0.2) is 40.1 Å². The summed E-state index contributed by atoms with van der Waals surface area (Å²) in [5, 5.41) is 1.98. The van der Waals surface area contributed by atoms with E-state index >= 15 is 0 Å². The Bertz CT molecular complexity index is 1080. The van der Waals surface area contributed by atoms with Crippen molar-refractivity contribution in [3.8, 4) is 0 Å². The van der Waals surface area contributed by atoms with Crippen LogP contribution in [0.25, 0.3) is 0 Å². The molecule has 0 fully saturated rings. The van der Waals surface area contributed by atoms with Gasteiger partial charge < -0.3 is 15.8 Å². The minimum atomic E-state index is -5.25. The molecular formula is C18H13F9N6O2. The smallest absolute Gasteiger partial charge is 0.373 e. The van der Waals surface area contributed by atoms with Crippen molar-refractivity contribution in [1.29, 1.82) is 0 Å². The van der Waals surface area contributed by atoms with Gasteiger partial charge in [0, 0.05) is 18.0 Å². The Kier molecular flexibility index (Phi) is 7.92. The second-order valence-electron chi connectivity index (χ2n) is 6.51. The minimum absolute atomic E-state index is 0.165. The van der Waals surface area contributed by atoms with Gasteiger partial charge in [0.15, 0.2) is 5.84 Å². The first kappa shape index (κ1) is 27.3. The average molecular weight is 516 g/mol. The number of aliphatic imine (C=N–C) groups is 2. The topological polar surface area (TPSA) is 115 Å². The van der Waals surface area contributed by atoms with Crippen molar-refractivity contribution >= 4 is 23.7 Å². The molecule has 0 radical (unpaired) electrons. The molecule has 3 N–H and O–H groups in total. The third-order valence-electron chi connectivity index (χ3n) is 3.80. The fourth-order valence-electron chi connectivity index (χ4n) is 2.35. The quantitative estimate of drug-likeness (QED) is 0.359. The fourth-order valence-corrected chi connectivity index (χ4v) is 2.35. The molecule has 1 atom stereocenters. The van der Waals surface area contributed by atoms with Gasteiger partial charge in [0.1, 0.15) is 0 Å². The first-order chi connectivity index (χ1) is 16.0. The minimum Gasteiger partial charge on any atom is -0.373 e. The molecule has 1 amide bonds. The maximum absolute atomic E-state index is 13.0. The summed E-state index contributed by atoms with van der Waals surface area (Å²) >= 11 is 0. The highest BCUT2D eigenvalue weighted by Crippen LogP contribution is 2.36. The van der Waals surface area contributed by atoms with E-state index in [1.54, 1.807) is 0 Å². The van der Waals surface area contributed by atoms with Crippen molar-refractivity contribution in [2.45, 2.75) is 31.7 Å². The van der Waals surface area contributed by atoms with Gasteiger partial charge in [-0.1, -0.05) is 0 Å². The first-order valence-electron chi connectivity index (χ1n) is 9.01. The lowest BCUT2D eigenvalue weighted by Crippen LogP contribution is -2.39. The molecule has 35 heavy (non-hydrogen) atoms. The Balaban J connectivity index is 2.44. The van der Waals surface area contributed by atoms with E-state index in [4.69, 9.17) is 5.73 Å². The SMILES string of the molecule is CC(NC(=O)c1cc(C(F)(F)F)cc(C(F)(F)F)c1)/C(N=C(N)OC(F)(F)F)=N\c1ncccn1. The third kappa shape index (κ3) is 8.42. The molecule has 17 heteroatoms. The van der Waals surface area contributed by atoms with Crippen molar-refractivity contribution < 1.29 is 49.0 Å². The van der Waals surface area contributed by atoms with Gasteiger partial charge in [-0.3, -0.25) is 4.79 Å². The summed E-state index contributed by atoms with van der Waals surface area (Å²) in [6, 6.07) is -1.49. The summed E-state index contributed by atoms with van der Waals surface area (Å²) in [7, 11) is 0. The summed E-state index contributed by atoms with van der Waals surface area (Å²) < 4.78 is 119. The second kappa shape index (κ2) is 10.1. The third-order valence-corrected chi connectivity index (χ3v) is 3.80. The van der Waals surface area contributed by atoms with Crippen LogP contribution in [0.3, 0.4) is 0 Å². The lowest BCUT2D eigenvalue weighted by atomic mass is 10.0. The lowest BCUT2D eigenvalue weighted by Gasteiger charge is -2.17. The van der Waals surface area contributed by atoms with Crippen LogP contribution in [0.1, 0.15) is 28.4 Å². The van der Waals surface area contributed by atoms with Crippen LogP contribution in [0.15, 0.2) is 46.6 Å².